The van der Waals surface area contributed by atoms with Crippen molar-refractivity contribution >= 4 is 12.1 Å². The summed E-state index contributed by atoms with van der Waals surface area (Å²) in [6.45, 7) is 14.2. The Morgan fingerprint density at radius 1 is 1.25 bits per heavy atom. The van der Waals surface area contributed by atoms with Crippen LogP contribution in [-0.2, 0) is 14.3 Å². The van der Waals surface area contributed by atoms with Gasteiger partial charge in [0.2, 0.25) is 0 Å². The summed E-state index contributed by atoms with van der Waals surface area (Å²) in [6, 6.07) is 0. The predicted molar refractivity (Wildman–Crippen MR) is 80.5 cm³/mol. The number of hydrogen-bond acceptors (Lipinski definition) is 3. The van der Waals surface area contributed by atoms with E-state index in [-0.39, 0.29) is 28.6 Å². The molecule has 0 spiro atoms. The second kappa shape index (κ2) is 5.44. The number of ketones is 1. The molecule has 114 valence electrons. The Bertz CT molecular complexity index is 409. The fourth-order valence-electron chi connectivity index (χ4n) is 2.53. The Morgan fingerprint density at radius 2 is 1.80 bits per heavy atom. The topological polar surface area (TPSA) is 46.7 Å². The molecule has 0 saturated carbocycles. The van der Waals surface area contributed by atoms with Crippen molar-refractivity contribution in [2.75, 3.05) is 0 Å². The number of carbonyl (C=O) groups is 2. The Balaban J connectivity index is 2.80. The van der Waals surface area contributed by atoms with Crippen molar-refractivity contribution in [3.05, 3.63) is 12.2 Å². The highest BCUT2D eigenvalue weighted by molar-refractivity contribution is 5.92. The van der Waals surface area contributed by atoms with E-state index in [0.717, 1.165) is 6.29 Å². The zero-order valence-electron chi connectivity index (χ0n) is 13.8. The lowest BCUT2D eigenvalue weighted by Gasteiger charge is -2.27. The van der Waals surface area contributed by atoms with Gasteiger partial charge in [0.25, 0.3) is 0 Å². The average Bonchev–Trinajstić information content (AvgIpc) is 2.99. The van der Waals surface area contributed by atoms with E-state index in [2.05, 4.69) is 41.5 Å². The molecule has 1 fully saturated rings. The van der Waals surface area contributed by atoms with Crippen LogP contribution in [0, 0.1) is 16.7 Å². The van der Waals surface area contributed by atoms with Crippen LogP contribution in [0.1, 0.15) is 54.9 Å². The maximum absolute atomic E-state index is 12.2. The van der Waals surface area contributed by atoms with Crippen LogP contribution >= 0.6 is 0 Å². The quantitative estimate of drug-likeness (QED) is 0.439. The first-order chi connectivity index (χ1) is 8.94. The molecule has 1 aliphatic rings. The first kappa shape index (κ1) is 17.1. The minimum absolute atomic E-state index is 0.0102. The van der Waals surface area contributed by atoms with Crippen molar-refractivity contribution in [1.29, 1.82) is 0 Å². The number of hydrogen-bond donors (Lipinski definition) is 0. The molecule has 0 aromatic heterocycles. The maximum Gasteiger partial charge on any atom is 0.160 e. The van der Waals surface area contributed by atoms with E-state index in [9.17, 15) is 9.59 Å². The molecule has 0 aromatic rings. The third-order valence-electron chi connectivity index (χ3n) is 4.05. The van der Waals surface area contributed by atoms with Gasteiger partial charge in [-0.3, -0.25) is 4.79 Å². The molecule has 1 saturated heterocycles. The van der Waals surface area contributed by atoms with Crippen molar-refractivity contribution in [3.63, 3.8) is 0 Å². The lowest BCUT2D eigenvalue weighted by atomic mass is 9.73. The highest BCUT2D eigenvalue weighted by Crippen LogP contribution is 2.55. The van der Waals surface area contributed by atoms with Gasteiger partial charge in [-0.2, -0.15) is 0 Å². The zero-order valence-corrected chi connectivity index (χ0v) is 13.8. The fraction of sp³-hybridized carbons (Fsp3) is 0.765. The molecule has 1 heterocycles. The summed E-state index contributed by atoms with van der Waals surface area (Å²) in [7, 11) is 0. The van der Waals surface area contributed by atoms with E-state index < -0.39 is 5.60 Å². The van der Waals surface area contributed by atoms with Gasteiger partial charge in [0.05, 0.1) is 6.10 Å². The molecule has 20 heavy (non-hydrogen) atoms. The van der Waals surface area contributed by atoms with Crippen LogP contribution in [0.3, 0.4) is 0 Å². The second-order valence-electron chi connectivity index (χ2n) is 7.94. The Kier molecular flexibility index (Phi) is 4.65. The first-order valence-corrected chi connectivity index (χ1v) is 7.29. The standard InChI is InChI=1S/C17H28O3/c1-12(13(19)8-9-15(2,3)4)14-17(20-14,10-11-18)16(5,6)7/h8-9,11-12,14H,10H2,1-7H3/b9-8+/t12-,14?,17?/m0/s1. The van der Waals surface area contributed by atoms with Crippen LogP contribution in [0.25, 0.3) is 0 Å². The molecule has 0 N–H and O–H groups in total. The Hall–Kier alpha value is -0.960. The predicted octanol–water partition coefficient (Wildman–Crippen LogP) is 3.57. The molecule has 3 heteroatoms. The monoisotopic (exact) mass is 280 g/mol. The number of epoxide rings is 1. The van der Waals surface area contributed by atoms with Crippen molar-refractivity contribution in [1.82, 2.24) is 0 Å². The van der Waals surface area contributed by atoms with Crippen LogP contribution in [0.5, 0.6) is 0 Å². The summed E-state index contributed by atoms with van der Waals surface area (Å²) in [5.41, 5.74) is -0.649. The van der Waals surface area contributed by atoms with Crippen molar-refractivity contribution in [3.8, 4) is 0 Å². The number of ether oxygens (including phenoxy) is 1. The number of carbonyl (C=O) groups excluding carboxylic acids is 2. The van der Waals surface area contributed by atoms with Crippen LogP contribution < -0.4 is 0 Å². The molecule has 0 aliphatic carbocycles. The van der Waals surface area contributed by atoms with Gasteiger partial charge in [-0.1, -0.05) is 54.5 Å². The molecule has 0 aromatic carbocycles. The summed E-state index contributed by atoms with van der Waals surface area (Å²) < 4.78 is 5.84. The fourth-order valence-corrected chi connectivity index (χ4v) is 2.53. The molecule has 3 nitrogen and oxygen atoms in total. The maximum atomic E-state index is 12.2. The van der Waals surface area contributed by atoms with Crippen LogP contribution in [-0.4, -0.2) is 23.8 Å². The van der Waals surface area contributed by atoms with Crippen molar-refractivity contribution in [2.24, 2.45) is 16.7 Å². The molecular formula is C17H28O3. The highest BCUT2D eigenvalue weighted by Gasteiger charge is 2.65. The number of allylic oxidation sites excluding steroid dienone is 2. The Labute approximate surface area is 122 Å². The molecule has 2 unspecified atom stereocenters. The second-order valence-corrected chi connectivity index (χ2v) is 7.94. The van der Waals surface area contributed by atoms with E-state index in [1.54, 1.807) is 6.08 Å². The third-order valence-corrected chi connectivity index (χ3v) is 4.05. The molecule has 0 radical (unpaired) electrons. The van der Waals surface area contributed by atoms with Crippen LogP contribution in [0.4, 0.5) is 0 Å². The normalized spacial score (nSPS) is 28.4. The average molecular weight is 280 g/mol. The molecule has 0 amide bonds. The molecular weight excluding hydrogens is 252 g/mol. The van der Waals surface area contributed by atoms with Gasteiger partial charge in [-0.05, 0) is 16.9 Å². The minimum Gasteiger partial charge on any atom is -0.364 e. The van der Waals surface area contributed by atoms with E-state index >= 15 is 0 Å². The van der Waals surface area contributed by atoms with E-state index in [4.69, 9.17) is 4.74 Å². The van der Waals surface area contributed by atoms with Gasteiger partial charge >= 0.3 is 0 Å². The van der Waals surface area contributed by atoms with Gasteiger partial charge in [0.1, 0.15) is 11.9 Å². The smallest absolute Gasteiger partial charge is 0.160 e. The molecule has 1 rings (SSSR count). The van der Waals surface area contributed by atoms with Gasteiger partial charge < -0.3 is 9.53 Å². The van der Waals surface area contributed by atoms with Crippen molar-refractivity contribution in [2.45, 2.75) is 66.6 Å². The summed E-state index contributed by atoms with van der Waals surface area (Å²) >= 11 is 0. The van der Waals surface area contributed by atoms with Gasteiger partial charge in [-0.15, -0.1) is 0 Å². The molecule has 1 aliphatic heterocycles. The first-order valence-electron chi connectivity index (χ1n) is 7.29. The summed E-state index contributed by atoms with van der Waals surface area (Å²) in [6.07, 6.45) is 4.66. The van der Waals surface area contributed by atoms with Gasteiger partial charge in [-0.25, -0.2) is 0 Å². The van der Waals surface area contributed by atoms with Crippen LogP contribution in [0.2, 0.25) is 0 Å². The SMILES string of the molecule is C[C@@H](C(=O)/C=C/C(C)(C)C)C1OC1(CC=O)C(C)(C)C. The van der Waals surface area contributed by atoms with E-state index in [1.807, 2.05) is 13.0 Å². The Morgan fingerprint density at radius 3 is 2.20 bits per heavy atom. The van der Waals surface area contributed by atoms with Gasteiger partial charge in [0.15, 0.2) is 5.78 Å². The minimum atomic E-state index is -0.487. The van der Waals surface area contributed by atoms with E-state index in [0.29, 0.717) is 6.42 Å². The van der Waals surface area contributed by atoms with Crippen molar-refractivity contribution < 1.29 is 14.3 Å². The summed E-state index contributed by atoms with van der Waals surface area (Å²) in [4.78, 5) is 23.2. The number of rotatable bonds is 5. The van der Waals surface area contributed by atoms with Gasteiger partial charge in [0, 0.05) is 12.3 Å². The zero-order chi connectivity index (χ0) is 15.8. The van der Waals surface area contributed by atoms with Crippen LogP contribution in [0.15, 0.2) is 12.2 Å². The lowest BCUT2D eigenvalue weighted by Crippen LogP contribution is -2.36. The largest absolute Gasteiger partial charge is 0.364 e. The number of aldehydes is 1. The molecule has 3 atom stereocenters. The summed E-state index contributed by atoms with van der Waals surface area (Å²) in [5, 5.41) is 0. The third kappa shape index (κ3) is 3.57. The molecule has 0 bridgehead atoms. The highest BCUT2D eigenvalue weighted by atomic mass is 16.6. The van der Waals surface area contributed by atoms with E-state index in [1.165, 1.54) is 0 Å². The lowest BCUT2D eigenvalue weighted by molar-refractivity contribution is -0.118. The summed E-state index contributed by atoms with van der Waals surface area (Å²) in [5.74, 6) is -0.144.